The highest BCUT2D eigenvalue weighted by Gasteiger charge is 2.19. The minimum absolute atomic E-state index is 0.508. The second-order valence-electron chi connectivity index (χ2n) is 4.65. The van der Waals surface area contributed by atoms with Crippen LogP contribution in [0.5, 0.6) is 0 Å². The smallest absolute Gasteiger partial charge is 0.0639 e. The summed E-state index contributed by atoms with van der Waals surface area (Å²) >= 11 is 6.23. The molecule has 0 amide bonds. The fourth-order valence-electron chi connectivity index (χ4n) is 2.32. The molecule has 1 aromatic rings. The first kappa shape index (κ1) is 11.7. The van der Waals surface area contributed by atoms with Crippen LogP contribution >= 0.6 is 11.6 Å². The van der Waals surface area contributed by atoms with E-state index >= 15 is 0 Å². The largest absolute Gasteiger partial charge is 0.369 e. The van der Waals surface area contributed by atoms with Crippen LogP contribution in [0.3, 0.4) is 0 Å². The number of hydrogen-bond donors (Lipinski definition) is 1. The molecular weight excluding hydrogens is 220 g/mol. The van der Waals surface area contributed by atoms with Crippen molar-refractivity contribution in [2.24, 2.45) is 0 Å². The van der Waals surface area contributed by atoms with Crippen LogP contribution in [0.1, 0.15) is 20.3 Å². The summed E-state index contributed by atoms with van der Waals surface area (Å²) < 4.78 is 0. The predicted molar refractivity (Wildman–Crippen MR) is 70.3 cm³/mol. The molecule has 1 aliphatic rings. The zero-order valence-electron chi connectivity index (χ0n) is 9.91. The van der Waals surface area contributed by atoms with Crippen LogP contribution in [-0.4, -0.2) is 25.2 Å². The van der Waals surface area contributed by atoms with Crippen molar-refractivity contribution in [3.05, 3.63) is 29.3 Å². The Morgan fingerprint density at radius 1 is 1.25 bits per heavy atom. The van der Waals surface area contributed by atoms with E-state index in [9.17, 15) is 0 Å². The lowest BCUT2D eigenvalue weighted by Gasteiger charge is -2.25. The minimum Gasteiger partial charge on any atom is -0.369 e. The molecule has 0 bridgehead atoms. The van der Waals surface area contributed by atoms with E-state index in [4.69, 9.17) is 11.6 Å². The lowest BCUT2D eigenvalue weighted by molar-refractivity contribution is 0.492. The molecule has 0 aliphatic carbocycles. The van der Waals surface area contributed by atoms with Crippen LogP contribution in [-0.2, 0) is 0 Å². The third kappa shape index (κ3) is 2.69. The first-order valence-electron chi connectivity index (χ1n) is 5.92. The Hall–Kier alpha value is -0.730. The zero-order valence-corrected chi connectivity index (χ0v) is 10.7. The van der Waals surface area contributed by atoms with Crippen molar-refractivity contribution in [3.8, 4) is 0 Å². The van der Waals surface area contributed by atoms with Gasteiger partial charge in [-0.1, -0.05) is 23.7 Å². The van der Waals surface area contributed by atoms with Gasteiger partial charge in [0.05, 0.1) is 10.7 Å². The number of benzene rings is 1. The number of para-hydroxylation sites is 1. The lowest BCUT2D eigenvalue weighted by Crippen LogP contribution is -2.37. The van der Waals surface area contributed by atoms with Gasteiger partial charge in [0.15, 0.2) is 0 Å². The summed E-state index contributed by atoms with van der Waals surface area (Å²) in [6, 6.07) is 9.19. The van der Waals surface area contributed by atoms with Gasteiger partial charge in [-0.05, 0) is 32.4 Å². The fraction of sp³-hybridized carbons (Fsp3) is 0.538. The molecule has 88 valence electrons. The lowest BCUT2D eigenvalue weighted by atomic mass is 10.2. The number of nitrogens with zero attached hydrogens (tertiary/aromatic N) is 1. The van der Waals surface area contributed by atoms with E-state index in [1.165, 1.54) is 0 Å². The first-order valence-corrected chi connectivity index (χ1v) is 6.30. The van der Waals surface area contributed by atoms with Crippen LogP contribution in [0, 0.1) is 0 Å². The average molecular weight is 239 g/mol. The Morgan fingerprint density at radius 2 is 2.00 bits per heavy atom. The van der Waals surface area contributed by atoms with Crippen molar-refractivity contribution in [1.82, 2.24) is 5.32 Å². The summed E-state index contributed by atoms with van der Waals surface area (Å²) in [4.78, 5) is 2.38. The van der Waals surface area contributed by atoms with E-state index in [2.05, 4.69) is 30.1 Å². The van der Waals surface area contributed by atoms with E-state index < -0.39 is 0 Å². The quantitative estimate of drug-likeness (QED) is 0.810. The second-order valence-corrected chi connectivity index (χ2v) is 5.06. The molecule has 1 aliphatic heterocycles. The monoisotopic (exact) mass is 238 g/mol. The molecule has 16 heavy (non-hydrogen) atoms. The SMILES string of the molecule is CC1CCN(c2ccccc2Cl)CC(C)N1. The normalized spacial score (nSPS) is 26.6. The van der Waals surface area contributed by atoms with E-state index in [1.807, 2.05) is 18.2 Å². The highest BCUT2D eigenvalue weighted by atomic mass is 35.5. The Morgan fingerprint density at radius 3 is 2.75 bits per heavy atom. The second kappa shape index (κ2) is 5.07. The number of nitrogens with one attached hydrogen (secondary N) is 1. The number of hydrogen-bond acceptors (Lipinski definition) is 2. The van der Waals surface area contributed by atoms with Gasteiger partial charge < -0.3 is 10.2 Å². The van der Waals surface area contributed by atoms with Crippen molar-refractivity contribution in [1.29, 1.82) is 0 Å². The maximum atomic E-state index is 6.23. The minimum atomic E-state index is 0.508. The number of anilines is 1. The summed E-state index contributed by atoms with van der Waals surface area (Å²) in [5, 5.41) is 4.43. The number of halogens is 1. The Bertz CT molecular complexity index is 354. The highest BCUT2D eigenvalue weighted by molar-refractivity contribution is 6.33. The van der Waals surface area contributed by atoms with E-state index in [0.717, 1.165) is 30.2 Å². The van der Waals surface area contributed by atoms with Gasteiger partial charge >= 0.3 is 0 Å². The van der Waals surface area contributed by atoms with Gasteiger partial charge in [0, 0.05) is 25.2 Å². The molecule has 0 aromatic heterocycles. The molecule has 2 rings (SSSR count). The van der Waals surface area contributed by atoms with E-state index in [1.54, 1.807) is 0 Å². The van der Waals surface area contributed by atoms with Gasteiger partial charge in [-0.25, -0.2) is 0 Å². The van der Waals surface area contributed by atoms with Gasteiger partial charge in [-0.3, -0.25) is 0 Å². The summed E-state index contributed by atoms with van der Waals surface area (Å²) in [6.45, 7) is 6.56. The molecule has 2 atom stereocenters. The van der Waals surface area contributed by atoms with Crippen molar-refractivity contribution in [2.45, 2.75) is 32.4 Å². The topological polar surface area (TPSA) is 15.3 Å². The molecule has 1 aromatic carbocycles. The van der Waals surface area contributed by atoms with Crippen molar-refractivity contribution >= 4 is 17.3 Å². The van der Waals surface area contributed by atoms with Crippen LogP contribution in [0.4, 0.5) is 5.69 Å². The predicted octanol–water partition coefficient (Wildman–Crippen LogP) is 2.92. The fourth-order valence-corrected chi connectivity index (χ4v) is 2.58. The summed E-state index contributed by atoms with van der Waals surface area (Å²) in [5.74, 6) is 0. The van der Waals surface area contributed by atoms with Gasteiger partial charge in [0.25, 0.3) is 0 Å². The molecule has 1 N–H and O–H groups in total. The third-order valence-corrected chi connectivity index (χ3v) is 3.41. The maximum Gasteiger partial charge on any atom is 0.0639 e. The van der Waals surface area contributed by atoms with Crippen LogP contribution in [0.25, 0.3) is 0 Å². The first-order chi connectivity index (χ1) is 7.66. The van der Waals surface area contributed by atoms with Crippen LogP contribution in [0.2, 0.25) is 5.02 Å². The van der Waals surface area contributed by atoms with Gasteiger partial charge in [0.1, 0.15) is 0 Å². The Kier molecular flexibility index (Phi) is 3.72. The Balaban J connectivity index is 2.17. The zero-order chi connectivity index (χ0) is 11.5. The van der Waals surface area contributed by atoms with Crippen molar-refractivity contribution in [3.63, 3.8) is 0 Å². The molecule has 2 nitrogen and oxygen atoms in total. The van der Waals surface area contributed by atoms with Gasteiger partial charge in [-0.15, -0.1) is 0 Å². The molecule has 1 fully saturated rings. The molecule has 2 unspecified atom stereocenters. The summed E-state index contributed by atoms with van der Waals surface area (Å²) in [6.07, 6.45) is 1.16. The molecule has 1 saturated heterocycles. The summed E-state index contributed by atoms with van der Waals surface area (Å²) in [7, 11) is 0. The molecule has 1 heterocycles. The van der Waals surface area contributed by atoms with Crippen molar-refractivity contribution < 1.29 is 0 Å². The molecule has 0 radical (unpaired) electrons. The standard InChI is InChI=1S/C13H19ClN2/c1-10-7-8-16(9-11(2)15-10)13-6-4-3-5-12(13)14/h3-6,10-11,15H,7-9H2,1-2H3. The van der Waals surface area contributed by atoms with Crippen molar-refractivity contribution in [2.75, 3.05) is 18.0 Å². The number of rotatable bonds is 1. The van der Waals surface area contributed by atoms with Gasteiger partial charge in [0.2, 0.25) is 0 Å². The molecule has 0 saturated carbocycles. The average Bonchev–Trinajstić information content (AvgIpc) is 2.40. The summed E-state index contributed by atoms with van der Waals surface area (Å²) in [5.41, 5.74) is 1.16. The highest BCUT2D eigenvalue weighted by Crippen LogP contribution is 2.26. The molecule has 3 heteroatoms. The van der Waals surface area contributed by atoms with E-state index in [0.29, 0.717) is 12.1 Å². The van der Waals surface area contributed by atoms with Crippen LogP contribution in [0.15, 0.2) is 24.3 Å². The third-order valence-electron chi connectivity index (χ3n) is 3.09. The molecule has 0 spiro atoms. The van der Waals surface area contributed by atoms with E-state index in [-0.39, 0.29) is 0 Å². The van der Waals surface area contributed by atoms with Gasteiger partial charge in [-0.2, -0.15) is 0 Å². The Labute approximate surface area is 103 Å². The molecular formula is C13H19ClN2. The van der Waals surface area contributed by atoms with Crippen LogP contribution < -0.4 is 10.2 Å². The maximum absolute atomic E-state index is 6.23.